The lowest BCUT2D eigenvalue weighted by Crippen LogP contribution is -2.37. The molecule has 2 N–H and O–H groups in total. The molecular weight excluding hydrogens is 340 g/mol. The molecule has 0 bridgehead atoms. The first-order valence-electron chi connectivity index (χ1n) is 8.81. The molecule has 0 aliphatic carbocycles. The number of aromatic nitrogens is 3. The molecule has 0 saturated carbocycles. The molecule has 0 fully saturated rings. The van der Waals surface area contributed by atoms with E-state index in [4.69, 9.17) is 4.74 Å². The number of methoxy groups -OCH3 is 1. The van der Waals surface area contributed by atoms with Crippen molar-refractivity contribution >= 4 is 5.96 Å². The molecule has 0 saturated heterocycles. The first-order valence-corrected chi connectivity index (χ1v) is 8.81. The standard InChI is InChI=1S/C20H24N6O/c1-21-20(23-12-8-16-4-6-18(27-2)7-5-16)24-15-17-9-11-22-19(14-17)26-13-3-10-25-26/h3-7,9-11,13-14H,8,12,15H2,1-2H3,(H2,21,23,24). The molecule has 1 aromatic carbocycles. The predicted molar refractivity (Wildman–Crippen MR) is 106 cm³/mol. The Morgan fingerprint density at radius 2 is 1.96 bits per heavy atom. The highest BCUT2D eigenvalue weighted by Gasteiger charge is 2.02. The summed E-state index contributed by atoms with van der Waals surface area (Å²) in [5, 5.41) is 10.9. The Hall–Kier alpha value is -3.35. The maximum absolute atomic E-state index is 5.18. The molecule has 7 nitrogen and oxygen atoms in total. The molecule has 7 heteroatoms. The molecule has 140 valence electrons. The molecular formula is C20H24N6O. The molecule has 3 aromatic rings. The van der Waals surface area contributed by atoms with Gasteiger partial charge < -0.3 is 15.4 Å². The van der Waals surface area contributed by atoms with Gasteiger partial charge in [-0.25, -0.2) is 9.67 Å². The molecule has 0 aliphatic rings. The summed E-state index contributed by atoms with van der Waals surface area (Å²) in [5.74, 6) is 2.43. The molecule has 0 aliphatic heterocycles. The zero-order valence-corrected chi connectivity index (χ0v) is 15.6. The van der Waals surface area contributed by atoms with Crippen LogP contribution in [0.5, 0.6) is 5.75 Å². The maximum Gasteiger partial charge on any atom is 0.191 e. The highest BCUT2D eigenvalue weighted by molar-refractivity contribution is 5.79. The van der Waals surface area contributed by atoms with Crippen molar-refractivity contribution in [1.82, 2.24) is 25.4 Å². The van der Waals surface area contributed by atoms with E-state index in [1.54, 1.807) is 31.2 Å². The molecule has 27 heavy (non-hydrogen) atoms. The Morgan fingerprint density at radius 1 is 1.11 bits per heavy atom. The second-order valence-corrected chi connectivity index (χ2v) is 5.92. The molecule has 0 unspecified atom stereocenters. The highest BCUT2D eigenvalue weighted by Crippen LogP contribution is 2.11. The van der Waals surface area contributed by atoms with Crippen molar-refractivity contribution < 1.29 is 4.74 Å². The Balaban J connectivity index is 1.48. The average molecular weight is 364 g/mol. The van der Waals surface area contributed by atoms with E-state index in [1.807, 2.05) is 36.5 Å². The lowest BCUT2D eigenvalue weighted by molar-refractivity contribution is 0.414. The summed E-state index contributed by atoms with van der Waals surface area (Å²) in [7, 11) is 3.44. The Morgan fingerprint density at radius 3 is 2.67 bits per heavy atom. The molecule has 0 atom stereocenters. The van der Waals surface area contributed by atoms with Crippen LogP contribution in [0.1, 0.15) is 11.1 Å². The highest BCUT2D eigenvalue weighted by atomic mass is 16.5. The summed E-state index contributed by atoms with van der Waals surface area (Å²) in [6, 6.07) is 14.0. The van der Waals surface area contributed by atoms with Gasteiger partial charge in [-0.15, -0.1) is 0 Å². The summed E-state index contributed by atoms with van der Waals surface area (Å²) >= 11 is 0. The van der Waals surface area contributed by atoms with E-state index in [-0.39, 0.29) is 0 Å². The topological polar surface area (TPSA) is 76.4 Å². The zero-order chi connectivity index (χ0) is 18.9. The SMILES string of the molecule is CN=C(NCCc1ccc(OC)cc1)NCc1ccnc(-n2cccn2)c1. The molecule has 0 amide bonds. The van der Waals surface area contributed by atoms with E-state index in [9.17, 15) is 0 Å². The lowest BCUT2D eigenvalue weighted by Gasteiger charge is -2.12. The van der Waals surface area contributed by atoms with Gasteiger partial charge in [0.15, 0.2) is 11.8 Å². The van der Waals surface area contributed by atoms with Crippen LogP contribution >= 0.6 is 0 Å². The minimum Gasteiger partial charge on any atom is -0.497 e. The van der Waals surface area contributed by atoms with Gasteiger partial charge in [0.2, 0.25) is 0 Å². The molecule has 0 spiro atoms. The Labute approximate surface area is 159 Å². The summed E-state index contributed by atoms with van der Waals surface area (Å²) in [6.07, 6.45) is 6.30. The van der Waals surface area contributed by atoms with Gasteiger partial charge in [0, 0.05) is 38.7 Å². The number of guanidine groups is 1. The Bertz CT molecular complexity index is 858. The quantitative estimate of drug-likeness (QED) is 0.496. The van der Waals surface area contributed by atoms with E-state index >= 15 is 0 Å². The average Bonchev–Trinajstić information content (AvgIpc) is 3.26. The molecule has 2 heterocycles. The third-order valence-corrected chi connectivity index (χ3v) is 4.10. The van der Waals surface area contributed by atoms with Crippen LogP contribution in [0.3, 0.4) is 0 Å². The Kier molecular flexibility index (Phi) is 6.40. The summed E-state index contributed by atoms with van der Waals surface area (Å²) in [5.41, 5.74) is 2.35. The smallest absolute Gasteiger partial charge is 0.191 e. The molecule has 0 radical (unpaired) electrons. The van der Waals surface area contributed by atoms with Crippen molar-refractivity contribution in [2.75, 3.05) is 20.7 Å². The van der Waals surface area contributed by atoms with Crippen molar-refractivity contribution in [3.8, 4) is 11.6 Å². The lowest BCUT2D eigenvalue weighted by atomic mass is 10.1. The van der Waals surface area contributed by atoms with Crippen LogP contribution in [-0.4, -0.2) is 41.4 Å². The van der Waals surface area contributed by atoms with Gasteiger partial charge in [0.25, 0.3) is 0 Å². The number of ether oxygens (including phenoxy) is 1. The maximum atomic E-state index is 5.18. The predicted octanol–water partition coefficient (Wildman–Crippen LogP) is 2.18. The van der Waals surface area contributed by atoms with Gasteiger partial charge in [-0.3, -0.25) is 4.99 Å². The van der Waals surface area contributed by atoms with Gasteiger partial charge in [-0.2, -0.15) is 5.10 Å². The molecule has 3 rings (SSSR count). The minimum atomic E-state index is 0.652. The number of pyridine rings is 1. The second kappa shape index (κ2) is 9.38. The van der Waals surface area contributed by atoms with Crippen molar-refractivity contribution in [3.05, 3.63) is 72.2 Å². The van der Waals surface area contributed by atoms with E-state index in [2.05, 4.69) is 37.8 Å². The van der Waals surface area contributed by atoms with E-state index < -0.39 is 0 Å². The first kappa shape index (κ1) is 18.4. The van der Waals surface area contributed by atoms with E-state index in [1.165, 1.54) is 5.56 Å². The van der Waals surface area contributed by atoms with Crippen LogP contribution < -0.4 is 15.4 Å². The van der Waals surface area contributed by atoms with Gasteiger partial charge in [-0.1, -0.05) is 12.1 Å². The van der Waals surface area contributed by atoms with Gasteiger partial charge in [0.1, 0.15) is 5.75 Å². The second-order valence-electron chi connectivity index (χ2n) is 5.92. The van der Waals surface area contributed by atoms with Gasteiger partial charge in [-0.05, 0) is 47.9 Å². The largest absolute Gasteiger partial charge is 0.497 e. The van der Waals surface area contributed by atoms with Crippen LogP contribution in [0.2, 0.25) is 0 Å². The van der Waals surface area contributed by atoms with Crippen LogP contribution in [0, 0.1) is 0 Å². The first-order chi connectivity index (χ1) is 13.3. The number of benzene rings is 1. The fraction of sp³-hybridized carbons (Fsp3) is 0.250. The van der Waals surface area contributed by atoms with Crippen LogP contribution in [-0.2, 0) is 13.0 Å². The minimum absolute atomic E-state index is 0.652. The van der Waals surface area contributed by atoms with Crippen molar-refractivity contribution in [2.45, 2.75) is 13.0 Å². The monoisotopic (exact) mass is 364 g/mol. The number of aliphatic imine (C=N–C) groups is 1. The van der Waals surface area contributed by atoms with Crippen LogP contribution in [0.25, 0.3) is 5.82 Å². The van der Waals surface area contributed by atoms with E-state index in [0.717, 1.165) is 36.1 Å². The molecule has 2 aromatic heterocycles. The summed E-state index contributed by atoms with van der Waals surface area (Å²) in [4.78, 5) is 8.62. The third kappa shape index (κ3) is 5.31. The van der Waals surface area contributed by atoms with Crippen molar-refractivity contribution in [2.24, 2.45) is 4.99 Å². The normalized spacial score (nSPS) is 11.3. The number of nitrogens with one attached hydrogen (secondary N) is 2. The fourth-order valence-corrected chi connectivity index (χ4v) is 2.62. The number of hydrogen-bond acceptors (Lipinski definition) is 4. The zero-order valence-electron chi connectivity index (χ0n) is 15.6. The van der Waals surface area contributed by atoms with Gasteiger partial charge in [0.05, 0.1) is 7.11 Å². The fourth-order valence-electron chi connectivity index (χ4n) is 2.62. The van der Waals surface area contributed by atoms with Crippen LogP contribution in [0.4, 0.5) is 0 Å². The summed E-state index contributed by atoms with van der Waals surface area (Å²) < 4.78 is 6.92. The third-order valence-electron chi connectivity index (χ3n) is 4.10. The van der Waals surface area contributed by atoms with Crippen molar-refractivity contribution in [1.29, 1.82) is 0 Å². The van der Waals surface area contributed by atoms with Gasteiger partial charge >= 0.3 is 0 Å². The summed E-state index contributed by atoms with van der Waals surface area (Å²) in [6.45, 7) is 1.44. The van der Waals surface area contributed by atoms with Crippen LogP contribution in [0.15, 0.2) is 66.0 Å². The van der Waals surface area contributed by atoms with E-state index in [0.29, 0.717) is 6.54 Å². The van der Waals surface area contributed by atoms with Crippen molar-refractivity contribution in [3.63, 3.8) is 0 Å². The number of nitrogens with zero attached hydrogens (tertiary/aromatic N) is 4. The number of rotatable bonds is 7. The number of hydrogen-bond donors (Lipinski definition) is 2.